The van der Waals surface area contributed by atoms with Gasteiger partial charge < -0.3 is 19.7 Å². The van der Waals surface area contributed by atoms with Crippen molar-refractivity contribution < 1.29 is 24.5 Å². The molecule has 1 aromatic rings. The Labute approximate surface area is 170 Å². The molecule has 0 saturated carbocycles. The summed E-state index contributed by atoms with van der Waals surface area (Å²) in [6.07, 6.45) is 11.1. The Kier molecular flexibility index (Phi) is 15.9. The number of benzene rings is 1. The average molecular weight is 395 g/mol. The first kappa shape index (κ1) is 26.0. The van der Waals surface area contributed by atoms with Gasteiger partial charge in [0, 0.05) is 24.7 Å². The third-order valence-corrected chi connectivity index (χ3v) is 4.26. The van der Waals surface area contributed by atoms with Gasteiger partial charge in [0.15, 0.2) is 6.29 Å². The number of carbonyl (C=O) groups is 1. The van der Waals surface area contributed by atoms with Crippen molar-refractivity contribution in [3.8, 4) is 11.5 Å². The van der Waals surface area contributed by atoms with Gasteiger partial charge in [-0.1, -0.05) is 65.0 Å². The van der Waals surface area contributed by atoms with Gasteiger partial charge in [0.1, 0.15) is 11.5 Å². The molecule has 0 radical (unpaired) electrons. The van der Waals surface area contributed by atoms with Crippen molar-refractivity contribution >= 4 is 5.97 Å². The van der Waals surface area contributed by atoms with Crippen molar-refractivity contribution in [2.75, 3.05) is 6.61 Å². The maximum absolute atomic E-state index is 10.2. The lowest BCUT2D eigenvalue weighted by Gasteiger charge is -2.20. The van der Waals surface area contributed by atoms with E-state index in [4.69, 9.17) is 14.6 Å². The number of rotatable bonds is 14. The molecule has 0 saturated heterocycles. The number of carboxylic acids is 1. The maximum Gasteiger partial charge on any atom is 0.327 e. The molecule has 0 spiro atoms. The number of phenolic OH excluding ortho intramolecular Hbond substituents is 1. The highest BCUT2D eigenvalue weighted by atomic mass is 16.7. The largest absolute Gasteiger partial charge is 0.508 e. The Morgan fingerprint density at radius 2 is 1.71 bits per heavy atom. The van der Waals surface area contributed by atoms with Crippen LogP contribution in [0.25, 0.3) is 0 Å². The fourth-order valence-electron chi connectivity index (χ4n) is 2.74. The molecule has 0 amide bonds. The SMILES string of the molecule is C=CC(=O)O.CCCCCCCCCc1c(O)cccc1OC(CC)OCC. The summed E-state index contributed by atoms with van der Waals surface area (Å²) in [7, 11) is 0. The third-order valence-electron chi connectivity index (χ3n) is 4.26. The molecular formula is C23H38O5. The quantitative estimate of drug-likeness (QED) is 0.227. The van der Waals surface area contributed by atoms with Crippen molar-refractivity contribution in [1.82, 2.24) is 0 Å². The monoisotopic (exact) mass is 394 g/mol. The number of carboxylic acid groups (broad SMARTS) is 1. The van der Waals surface area contributed by atoms with E-state index >= 15 is 0 Å². The van der Waals surface area contributed by atoms with Crippen LogP contribution in [0.3, 0.4) is 0 Å². The van der Waals surface area contributed by atoms with Crippen LogP contribution in [0, 0.1) is 0 Å². The summed E-state index contributed by atoms with van der Waals surface area (Å²) in [6, 6.07) is 5.50. The first-order valence-electron chi connectivity index (χ1n) is 10.4. The van der Waals surface area contributed by atoms with Crippen LogP contribution >= 0.6 is 0 Å². The van der Waals surface area contributed by atoms with Gasteiger partial charge in [0.05, 0.1) is 0 Å². The molecule has 28 heavy (non-hydrogen) atoms. The summed E-state index contributed by atoms with van der Waals surface area (Å²) in [6.45, 7) is 9.84. The average Bonchev–Trinajstić information content (AvgIpc) is 2.69. The highest BCUT2D eigenvalue weighted by molar-refractivity contribution is 5.78. The molecule has 1 atom stereocenters. The zero-order valence-corrected chi connectivity index (χ0v) is 17.8. The van der Waals surface area contributed by atoms with E-state index in [1.165, 1.54) is 38.5 Å². The minimum Gasteiger partial charge on any atom is -0.508 e. The second-order valence-corrected chi connectivity index (χ2v) is 6.58. The molecule has 5 heteroatoms. The third kappa shape index (κ3) is 12.4. The molecule has 160 valence electrons. The number of aliphatic carboxylic acids is 1. The summed E-state index contributed by atoms with van der Waals surface area (Å²) in [5, 5.41) is 17.8. The van der Waals surface area contributed by atoms with Gasteiger partial charge >= 0.3 is 5.97 Å². The normalized spacial score (nSPS) is 11.2. The Hall–Kier alpha value is -2.01. The van der Waals surface area contributed by atoms with E-state index < -0.39 is 5.97 Å². The number of aromatic hydroxyl groups is 1. The number of unbranched alkanes of at least 4 members (excludes halogenated alkanes) is 6. The van der Waals surface area contributed by atoms with Crippen LogP contribution in [0.1, 0.15) is 77.7 Å². The van der Waals surface area contributed by atoms with Crippen LogP contribution in [-0.2, 0) is 16.0 Å². The van der Waals surface area contributed by atoms with Crippen LogP contribution in [0.2, 0.25) is 0 Å². The Bertz CT molecular complexity index is 542. The zero-order valence-electron chi connectivity index (χ0n) is 17.8. The summed E-state index contributed by atoms with van der Waals surface area (Å²) in [5.74, 6) is 0.112. The van der Waals surface area contributed by atoms with Crippen LogP contribution < -0.4 is 4.74 Å². The molecule has 5 nitrogen and oxygen atoms in total. The lowest BCUT2D eigenvalue weighted by molar-refractivity contribution is -0.131. The standard InChI is InChI=1S/C20H34O3.C3H4O2/c1-4-7-8-9-10-11-12-14-17-18(21)15-13-16-19(17)23-20(5-2)22-6-3;1-2-3(4)5/h13,15-16,20-21H,4-12,14H2,1-3H3;2H,1H2,(H,4,5). The first-order valence-corrected chi connectivity index (χ1v) is 10.4. The first-order chi connectivity index (χ1) is 13.5. The van der Waals surface area contributed by atoms with Gasteiger partial charge in [-0.15, -0.1) is 0 Å². The predicted octanol–water partition coefficient (Wildman–Crippen LogP) is 6.09. The Morgan fingerprint density at radius 1 is 1.11 bits per heavy atom. The van der Waals surface area contributed by atoms with Crippen LogP contribution in [-0.4, -0.2) is 29.1 Å². The van der Waals surface area contributed by atoms with Crippen molar-refractivity contribution in [2.24, 2.45) is 0 Å². The molecule has 0 fully saturated rings. The molecule has 2 N–H and O–H groups in total. The van der Waals surface area contributed by atoms with Crippen molar-refractivity contribution in [3.63, 3.8) is 0 Å². The molecular weight excluding hydrogens is 356 g/mol. The molecule has 0 aliphatic heterocycles. The summed E-state index contributed by atoms with van der Waals surface area (Å²) in [5.41, 5.74) is 0.916. The van der Waals surface area contributed by atoms with E-state index in [9.17, 15) is 9.90 Å². The summed E-state index contributed by atoms with van der Waals surface area (Å²) < 4.78 is 11.5. The predicted molar refractivity (Wildman–Crippen MR) is 114 cm³/mol. The number of phenols is 1. The van der Waals surface area contributed by atoms with E-state index in [1.807, 2.05) is 26.0 Å². The second kappa shape index (κ2) is 17.1. The molecule has 1 unspecified atom stereocenters. The van der Waals surface area contributed by atoms with Gasteiger partial charge in [-0.2, -0.15) is 0 Å². The number of hydrogen-bond donors (Lipinski definition) is 2. The van der Waals surface area contributed by atoms with E-state index in [-0.39, 0.29) is 6.29 Å². The number of ether oxygens (including phenoxy) is 2. The fraction of sp³-hybridized carbons (Fsp3) is 0.609. The Morgan fingerprint density at radius 3 is 2.25 bits per heavy atom. The van der Waals surface area contributed by atoms with Crippen molar-refractivity contribution in [3.05, 3.63) is 36.4 Å². The number of hydrogen-bond acceptors (Lipinski definition) is 4. The molecule has 1 rings (SSSR count). The van der Waals surface area contributed by atoms with Gasteiger partial charge in [-0.3, -0.25) is 0 Å². The molecule has 0 aliphatic carbocycles. The smallest absolute Gasteiger partial charge is 0.327 e. The second-order valence-electron chi connectivity index (χ2n) is 6.58. The van der Waals surface area contributed by atoms with Crippen molar-refractivity contribution in [1.29, 1.82) is 0 Å². The van der Waals surface area contributed by atoms with Crippen LogP contribution in [0.5, 0.6) is 11.5 Å². The van der Waals surface area contributed by atoms with Gasteiger partial charge in [0.2, 0.25) is 0 Å². The lowest BCUT2D eigenvalue weighted by atomic mass is 10.0. The molecule has 0 bridgehead atoms. The van der Waals surface area contributed by atoms with Gasteiger partial charge in [-0.05, 0) is 31.9 Å². The lowest BCUT2D eigenvalue weighted by Crippen LogP contribution is -2.20. The summed E-state index contributed by atoms with van der Waals surface area (Å²) in [4.78, 5) is 9.25. The molecule has 0 aromatic heterocycles. The molecule has 0 aliphatic rings. The minimum atomic E-state index is -0.981. The molecule has 0 heterocycles. The van der Waals surface area contributed by atoms with Crippen molar-refractivity contribution in [2.45, 2.75) is 84.8 Å². The highest BCUT2D eigenvalue weighted by Crippen LogP contribution is 2.30. The van der Waals surface area contributed by atoms with E-state index in [2.05, 4.69) is 13.5 Å². The maximum atomic E-state index is 10.2. The van der Waals surface area contributed by atoms with E-state index in [1.54, 1.807) is 6.07 Å². The molecule has 1 aromatic carbocycles. The fourth-order valence-corrected chi connectivity index (χ4v) is 2.74. The van der Waals surface area contributed by atoms with Crippen LogP contribution in [0.15, 0.2) is 30.9 Å². The highest BCUT2D eigenvalue weighted by Gasteiger charge is 2.13. The Balaban J connectivity index is 0.00000129. The van der Waals surface area contributed by atoms with Crippen LogP contribution in [0.4, 0.5) is 0 Å². The minimum absolute atomic E-state index is 0.241. The summed E-state index contributed by atoms with van der Waals surface area (Å²) >= 11 is 0. The van der Waals surface area contributed by atoms with E-state index in [0.29, 0.717) is 12.4 Å². The van der Waals surface area contributed by atoms with Gasteiger partial charge in [-0.25, -0.2) is 4.79 Å². The zero-order chi connectivity index (χ0) is 21.2. The van der Waals surface area contributed by atoms with E-state index in [0.717, 1.165) is 36.7 Å². The van der Waals surface area contributed by atoms with Gasteiger partial charge in [0.25, 0.3) is 0 Å². The topological polar surface area (TPSA) is 76.0 Å².